The summed E-state index contributed by atoms with van der Waals surface area (Å²) in [5.41, 5.74) is 13.5. The number of benzene rings is 6. The molecule has 10 aromatic rings. The van der Waals surface area contributed by atoms with Gasteiger partial charge in [0.25, 0.3) is 0 Å². The van der Waals surface area contributed by atoms with Crippen molar-refractivity contribution < 1.29 is 37.8 Å². The molecule has 6 aromatic carbocycles. The molecule has 4 aromatic heterocycles. The van der Waals surface area contributed by atoms with Crippen molar-refractivity contribution in [2.24, 2.45) is 0 Å². The van der Waals surface area contributed by atoms with E-state index in [0.717, 1.165) is 125 Å². The molecule has 20 heteroatoms. The van der Waals surface area contributed by atoms with Gasteiger partial charge in [0, 0.05) is 56.2 Å². The number of para-hydroxylation sites is 4. The van der Waals surface area contributed by atoms with Crippen molar-refractivity contribution in [3.05, 3.63) is 120 Å². The van der Waals surface area contributed by atoms with Crippen LogP contribution in [0.1, 0.15) is 11.1 Å². The van der Waals surface area contributed by atoms with E-state index in [0.29, 0.717) is 43.9 Å². The summed E-state index contributed by atoms with van der Waals surface area (Å²) >= 11 is 0. The van der Waals surface area contributed by atoms with Crippen LogP contribution in [0.5, 0.6) is 23.0 Å². The number of rotatable bonds is 22. The molecule has 10 rings (SSSR count). The molecular weight excluding hydrogens is 1090 g/mol. The summed E-state index contributed by atoms with van der Waals surface area (Å²) in [6, 6.07) is 39.7. The minimum Gasteiger partial charge on any atom is -0.504 e. The summed E-state index contributed by atoms with van der Waals surface area (Å²) in [5, 5.41) is 24.8. The molecule has 4 heterocycles. The average molecular weight is 1180 g/mol. The van der Waals surface area contributed by atoms with Gasteiger partial charge in [0.2, 0.25) is 0 Å². The number of aromatic hydroxyl groups is 1. The number of phenolic OH excluding ortho intramolecular Hbond substituents is 1. The zero-order valence-corrected chi connectivity index (χ0v) is 53.8. The predicted molar refractivity (Wildman–Crippen MR) is 347 cm³/mol. The van der Waals surface area contributed by atoms with Crippen LogP contribution in [0.15, 0.2) is 109 Å². The number of imidazole rings is 2. The maximum Gasteiger partial charge on any atom is 0.328 e. The van der Waals surface area contributed by atoms with E-state index in [1.807, 2.05) is 72.3 Å². The number of aromatic nitrogens is 8. The van der Waals surface area contributed by atoms with Crippen LogP contribution >= 0.6 is 0 Å². The van der Waals surface area contributed by atoms with Gasteiger partial charge >= 0.3 is 7.52 Å². The lowest BCUT2D eigenvalue weighted by atomic mass is 9.98. The maximum absolute atomic E-state index is 10.7. The van der Waals surface area contributed by atoms with Gasteiger partial charge in [-0.3, -0.25) is 9.67 Å². The van der Waals surface area contributed by atoms with Gasteiger partial charge < -0.3 is 42.8 Å². The van der Waals surface area contributed by atoms with E-state index in [4.69, 9.17) is 39.8 Å². The van der Waals surface area contributed by atoms with Gasteiger partial charge in [-0.2, -0.15) is 10.2 Å². The molecule has 0 radical (unpaired) electrons. The lowest BCUT2D eigenvalue weighted by molar-refractivity contribution is 0.0205. The Morgan fingerprint density at radius 1 is 0.614 bits per heavy atom. The first-order chi connectivity index (χ1) is 39.9. The molecule has 0 aliphatic carbocycles. The van der Waals surface area contributed by atoms with Crippen molar-refractivity contribution in [2.75, 3.05) is 40.8 Å². The molecule has 0 spiro atoms. The second-order valence-electron chi connectivity index (χ2n) is 24.4. The zero-order chi connectivity index (χ0) is 60.5. The second kappa shape index (κ2) is 27.1. The van der Waals surface area contributed by atoms with Crippen LogP contribution in [0.3, 0.4) is 0 Å². The predicted octanol–water partition coefficient (Wildman–Crippen LogP) is 15.5. The summed E-state index contributed by atoms with van der Waals surface area (Å²) in [5.74, 6) is 3.46. The quantitative estimate of drug-likeness (QED) is 0.0335. The van der Waals surface area contributed by atoms with E-state index in [9.17, 15) is 9.42 Å². The summed E-state index contributed by atoms with van der Waals surface area (Å²) in [4.78, 5) is 13.1. The van der Waals surface area contributed by atoms with E-state index in [1.165, 1.54) is 6.82 Å². The molecule has 438 valence electrons. The minimum absolute atomic E-state index is 0.138. The highest BCUT2D eigenvalue weighted by Crippen LogP contribution is 2.40. The number of hydrogen-bond acceptors (Lipinski definition) is 11. The van der Waals surface area contributed by atoms with E-state index < -0.39 is 31.7 Å². The normalized spacial score (nSPS) is 12.1. The van der Waals surface area contributed by atoms with E-state index in [1.54, 1.807) is 20.3 Å². The molecule has 0 bridgehead atoms. The summed E-state index contributed by atoms with van der Waals surface area (Å²) in [7, 11) is -1.84. The number of phenols is 1. The standard InChI is InChI=1S/C40H60N4O5Si3.C22H18N4O2.CH4BF/c1-30-24-38(49-29-48-20-23-52(9,10)11)37(45-2)26-33(30)31-16-17-32-36(25-31)44(28-47-19-22-51(6,7)8)42-39(32)40-41-34-14-12-13-15-35(34)43(40)27-46-18-21-50(3,4)5;1-12-9-19(27)20(28-2)11-15(12)13-7-8-14-18(10-13)25-26-21(14)22-23-16-5-3-4-6-17(16)24-22;1-2-3/h12-17,24-26H,18-23,27-29H2,1-11H3;3-11,27H,1-2H3,(H,23,24)(H,25,26);2H,1H3/i;;2T. The molecule has 83 heavy (non-hydrogen) atoms. The number of fused-ring (bicyclic) bond motifs is 4. The van der Waals surface area contributed by atoms with Gasteiger partial charge in [0.15, 0.2) is 41.4 Å². The number of hydrogen-bond donors (Lipinski definition) is 3. The molecule has 0 atom stereocenters. The van der Waals surface area contributed by atoms with Gasteiger partial charge in [0.05, 0.1) is 47.3 Å². The van der Waals surface area contributed by atoms with Crippen molar-refractivity contribution in [2.45, 2.75) is 111 Å². The Morgan fingerprint density at radius 2 is 1.19 bits per heavy atom. The van der Waals surface area contributed by atoms with Crippen LogP contribution in [-0.2, 0) is 27.7 Å². The minimum atomic E-state index is -1.42. The molecule has 15 nitrogen and oxygen atoms in total. The molecule has 3 N–H and O–H groups in total. The van der Waals surface area contributed by atoms with Crippen LogP contribution in [0.25, 0.3) is 89.2 Å². The topological polar surface area (TPSA) is 169 Å². The maximum atomic E-state index is 10.7. The molecule has 0 fully saturated rings. The first-order valence-corrected chi connectivity index (χ1v) is 39.4. The average Bonchev–Trinajstić information content (AvgIpc) is 4.16. The van der Waals surface area contributed by atoms with E-state index >= 15 is 0 Å². The SMILES string of the molecule is COc1cc(-c2ccc3c(-c4nc5ccccc5[nH]4)n[nH]c3c2)c(C)cc1O.COc1cc(-c2ccc3c(-c4nc5ccccc5n4COCC[Si](C)(C)C)nn(COCC[Si](C)(C)C)c3c2)c(C)cc1OCOCC[Si](C)(C)C.[3H]B(C)F. The lowest BCUT2D eigenvalue weighted by Crippen LogP contribution is -2.22. The highest BCUT2D eigenvalue weighted by Gasteiger charge is 2.23. The van der Waals surface area contributed by atoms with Crippen molar-refractivity contribution >= 4 is 75.6 Å². The van der Waals surface area contributed by atoms with Crippen LogP contribution in [0, 0.1) is 13.8 Å². The number of aromatic amines is 2. The zero-order valence-electron chi connectivity index (χ0n) is 51.8. The Morgan fingerprint density at radius 3 is 1.84 bits per heavy atom. The number of nitrogens with one attached hydrogen (secondary N) is 2. The van der Waals surface area contributed by atoms with Gasteiger partial charge in [-0.15, -0.1) is 0 Å². The van der Waals surface area contributed by atoms with Gasteiger partial charge in [-0.25, -0.2) is 14.6 Å². The third kappa shape index (κ3) is 15.8. The first kappa shape index (κ1) is 60.5. The number of aryl methyl sites for hydroxylation is 2. The van der Waals surface area contributed by atoms with Gasteiger partial charge in [-0.05, 0) is 138 Å². The summed E-state index contributed by atoms with van der Waals surface area (Å²) < 4.78 is 56.2. The number of methoxy groups -OCH3 is 2. The molecular formula is C63H82BFN8O7Si3. The summed E-state index contributed by atoms with van der Waals surface area (Å²) in [6.07, 6.45) is 0. The van der Waals surface area contributed by atoms with Gasteiger partial charge in [0.1, 0.15) is 24.8 Å². The largest absolute Gasteiger partial charge is 0.504 e. The lowest BCUT2D eigenvalue weighted by Gasteiger charge is -2.17. The Bertz CT molecular complexity index is 3810. The second-order valence-corrected chi connectivity index (χ2v) is 41.3. The van der Waals surface area contributed by atoms with Crippen molar-refractivity contribution in [1.29, 1.82) is 1.34 Å². The Kier molecular flexibility index (Phi) is 19.8. The first-order valence-electron chi connectivity index (χ1n) is 28.9. The monoisotopic (exact) mass is 1180 g/mol. The Labute approximate surface area is 492 Å². The Hall–Kier alpha value is -7.07. The third-order valence-electron chi connectivity index (χ3n) is 14.2. The van der Waals surface area contributed by atoms with Crippen molar-refractivity contribution in [3.63, 3.8) is 0 Å². The van der Waals surface area contributed by atoms with Crippen LogP contribution in [0.2, 0.25) is 83.9 Å². The highest BCUT2D eigenvalue weighted by molar-refractivity contribution is 6.76. The fourth-order valence-corrected chi connectivity index (χ4v) is 11.7. The fraction of sp³-hybridized carbons (Fsp3) is 0.365. The molecule has 0 unspecified atom stereocenters. The smallest absolute Gasteiger partial charge is 0.328 e. The van der Waals surface area contributed by atoms with E-state index in [2.05, 4.69) is 133 Å². The van der Waals surface area contributed by atoms with Crippen LogP contribution in [0.4, 0.5) is 4.32 Å². The third-order valence-corrected chi connectivity index (χ3v) is 19.3. The number of H-pyrrole nitrogens is 2. The van der Waals surface area contributed by atoms with Crippen molar-refractivity contribution in [3.8, 4) is 68.3 Å². The molecule has 0 aliphatic heterocycles. The van der Waals surface area contributed by atoms with Crippen LogP contribution in [-0.4, -0.2) is 119 Å². The number of nitrogens with zero attached hydrogens (tertiary/aromatic N) is 6. The Balaban J connectivity index is 0.000000239. The molecule has 0 aliphatic rings. The fourth-order valence-electron chi connectivity index (χ4n) is 9.42. The summed E-state index contributed by atoms with van der Waals surface area (Å²) in [6.45, 7) is 29.6. The molecule has 0 amide bonds. The number of halogens is 1. The molecule has 0 saturated carbocycles. The highest BCUT2D eigenvalue weighted by atomic mass is 28.3. The van der Waals surface area contributed by atoms with Crippen molar-refractivity contribution in [1.82, 2.24) is 39.5 Å². The van der Waals surface area contributed by atoms with E-state index in [-0.39, 0.29) is 12.5 Å². The molecule has 0 saturated heterocycles. The van der Waals surface area contributed by atoms with Crippen LogP contribution < -0.4 is 14.2 Å². The number of ether oxygens (including phenoxy) is 6. The van der Waals surface area contributed by atoms with Gasteiger partial charge in [-0.1, -0.05) is 102 Å².